The summed E-state index contributed by atoms with van der Waals surface area (Å²) >= 11 is 0. The Labute approximate surface area is 110 Å². The van der Waals surface area contributed by atoms with E-state index in [-0.39, 0.29) is 17.4 Å². The molecule has 0 bridgehead atoms. The van der Waals surface area contributed by atoms with Crippen molar-refractivity contribution in [3.63, 3.8) is 0 Å². The van der Waals surface area contributed by atoms with Crippen LogP contribution in [-0.2, 0) is 6.42 Å². The third kappa shape index (κ3) is 3.19. The van der Waals surface area contributed by atoms with Gasteiger partial charge in [0, 0.05) is 18.1 Å². The van der Waals surface area contributed by atoms with Crippen LogP contribution >= 0.6 is 0 Å². The van der Waals surface area contributed by atoms with Crippen LogP contribution in [0.3, 0.4) is 0 Å². The molecule has 0 aliphatic rings. The van der Waals surface area contributed by atoms with Gasteiger partial charge in [-0.2, -0.15) is 0 Å². The summed E-state index contributed by atoms with van der Waals surface area (Å²) in [6, 6.07) is 7.65. The molecule has 5 heteroatoms. The van der Waals surface area contributed by atoms with Gasteiger partial charge in [-0.3, -0.25) is 4.79 Å². The molecule has 0 fully saturated rings. The molecule has 0 radical (unpaired) electrons. The first-order valence-electron chi connectivity index (χ1n) is 6.21. The minimum Gasteiger partial charge on any atom is -0.363 e. The number of nitrogens with one attached hydrogen (secondary N) is 2. The van der Waals surface area contributed by atoms with E-state index in [2.05, 4.69) is 15.3 Å². The number of rotatable bonds is 4. The highest BCUT2D eigenvalue weighted by molar-refractivity contribution is 5.37. The van der Waals surface area contributed by atoms with Gasteiger partial charge in [-0.15, -0.1) is 0 Å². The van der Waals surface area contributed by atoms with E-state index in [0.717, 1.165) is 0 Å². The van der Waals surface area contributed by atoms with Gasteiger partial charge >= 0.3 is 0 Å². The van der Waals surface area contributed by atoms with Crippen molar-refractivity contribution in [3.8, 4) is 0 Å². The standard InChI is InChI=1S/C14H16FN3O/c1-3-12-17-13(8-14(19)18-12)16-9(2)10-6-4-5-7-11(10)15/h4-9H,3H2,1-2H3,(H2,16,17,18,19). The van der Waals surface area contributed by atoms with Crippen molar-refractivity contribution >= 4 is 5.82 Å². The van der Waals surface area contributed by atoms with Crippen LogP contribution in [0.15, 0.2) is 35.1 Å². The molecule has 2 N–H and O–H groups in total. The van der Waals surface area contributed by atoms with E-state index in [9.17, 15) is 9.18 Å². The number of hydrogen-bond donors (Lipinski definition) is 2. The van der Waals surface area contributed by atoms with Crippen molar-refractivity contribution in [2.24, 2.45) is 0 Å². The first-order chi connectivity index (χ1) is 9.10. The second-order valence-electron chi connectivity index (χ2n) is 4.32. The van der Waals surface area contributed by atoms with Crippen molar-refractivity contribution < 1.29 is 4.39 Å². The SMILES string of the molecule is CCc1nc(NC(C)c2ccccc2F)cc(=O)[nH]1. The van der Waals surface area contributed by atoms with Crippen LogP contribution in [0.4, 0.5) is 10.2 Å². The lowest BCUT2D eigenvalue weighted by molar-refractivity contribution is 0.600. The van der Waals surface area contributed by atoms with Gasteiger partial charge in [0.05, 0.1) is 6.04 Å². The number of nitrogens with zero attached hydrogens (tertiary/aromatic N) is 1. The lowest BCUT2D eigenvalue weighted by Gasteiger charge is -2.15. The van der Waals surface area contributed by atoms with Crippen molar-refractivity contribution in [3.05, 3.63) is 57.9 Å². The Balaban J connectivity index is 2.24. The maximum Gasteiger partial charge on any atom is 0.252 e. The van der Waals surface area contributed by atoms with Crippen LogP contribution in [0.25, 0.3) is 0 Å². The van der Waals surface area contributed by atoms with Crippen LogP contribution in [0.5, 0.6) is 0 Å². The van der Waals surface area contributed by atoms with E-state index < -0.39 is 0 Å². The molecule has 0 spiro atoms. The van der Waals surface area contributed by atoms with Crippen LogP contribution in [-0.4, -0.2) is 9.97 Å². The number of aromatic nitrogens is 2. The molecule has 100 valence electrons. The monoisotopic (exact) mass is 261 g/mol. The lowest BCUT2D eigenvalue weighted by atomic mass is 10.1. The Morgan fingerprint density at radius 3 is 2.84 bits per heavy atom. The summed E-state index contributed by atoms with van der Waals surface area (Å²) in [7, 11) is 0. The van der Waals surface area contributed by atoms with E-state index in [4.69, 9.17) is 0 Å². The zero-order valence-corrected chi connectivity index (χ0v) is 10.9. The molecule has 1 heterocycles. The second-order valence-corrected chi connectivity index (χ2v) is 4.32. The molecule has 0 saturated carbocycles. The van der Waals surface area contributed by atoms with Crippen LogP contribution in [0.2, 0.25) is 0 Å². The maximum atomic E-state index is 13.6. The molecule has 0 aliphatic carbocycles. The molecule has 0 saturated heterocycles. The highest BCUT2D eigenvalue weighted by Gasteiger charge is 2.11. The van der Waals surface area contributed by atoms with Gasteiger partial charge in [-0.05, 0) is 13.0 Å². The Hall–Kier alpha value is -2.17. The zero-order valence-electron chi connectivity index (χ0n) is 10.9. The average molecular weight is 261 g/mol. The predicted octanol–water partition coefficient (Wildman–Crippen LogP) is 2.64. The molecule has 1 aromatic heterocycles. The van der Waals surface area contributed by atoms with Gasteiger partial charge in [0.15, 0.2) is 0 Å². The number of anilines is 1. The molecule has 1 aromatic carbocycles. The number of hydrogen-bond acceptors (Lipinski definition) is 3. The summed E-state index contributed by atoms with van der Waals surface area (Å²) in [4.78, 5) is 18.3. The van der Waals surface area contributed by atoms with Crippen LogP contribution in [0.1, 0.15) is 31.3 Å². The number of halogens is 1. The molecular weight excluding hydrogens is 245 g/mol. The van der Waals surface area contributed by atoms with E-state index in [1.165, 1.54) is 12.1 Å². The summed E-state index contributed by atoms with van der Waals surface area (Å²) in [5.74, 6) is 0.787. The molecule has 0 amide bonds. The topological polar surface area (TPSA) is 57.8 Å². The van der Waals surface area contributed by atoms with Gasteiger partial charge in [-0.1, -0.05) is 25.1 Å². The van der Waals surface area contributed by atoms with Gasteiger partial charge in [-0.25, -0.2) is 9.37 Å². The Morgan fingerprint density at radius 2 is 2.16 bits per heavy atom. The molecule has 4 nitrogen and oxygen atoms in total. The lowest BCUT2D eigenvalue weighted by Crippen LogP contribution is -2.16. The van der Waals surface area contributed by atoms with E-state index in [1.807, 2.05) is 13.8 Å². The highest BCUT2D eigenvalue weighted by atomic mass is 19.1. The molecule has 0 aliphatic heterocycles. The van der Waals surface area contributed by atoms with Crippen molar-refractivity contribution in [1.82, 2.24) is 9.97 Å². The first-order valence-corrected chi connectivity index (χ1v) is 6.21. The largest absolute Gasteiger partial charge is 0.363 e. The molecule has 19 heavy (non-hydrogen) atoms. The molecule has 1 atom stereocenters. The summed E-state index contributed by atoms with van der Waals surface area (Å²) in [5, 5.41) is 3.04. The third-order valence-corrected chi connectivity index (χ3v) is 2.86. The predicted molar refractivity (Wildman–Crippen MR) is 72.7 cm³/mol. The van der Waals surface area contributed by atoms with Gasteiger partial charge in [0.2, 0.25) is 0 Å². The van der Waals surface area contributed by atoms with E-state index in [0.29, 0.717) is 23.6 Å². The second kappa shape index (κ2) is 5.65. The maximum absolute atomic E-state index is 13.6. The molecule has 2 rings (SSSR count). The fourth-order valence-corrected chi connectivity index (χ4v) is 1.88. The Morgan fingerprint density at radius 1 is 1.42 bits per heavy atom. The molecule has 2 aromatic rings. The summed E-state index contributed by atoms with van der Waals surface area (Å²) < 4.78 is 13.6. The van der Waals surface area contributed by atoms with Gasteiger partial charge < -0.3 is 10.3 Å². The van der Waals surface area contributed by atoms with Gasteiger partial charge in [0.1, 0.15) is 17.5 Å². The number of benzene rings is 1. The van der Waals surface area contributed by atoms with Crippen molar-refractivity contribution in [2.75, 3.05) is 5.32 Å². The fourth-order valence-electron chi connectivity index (χ4n) is 1.88. The molecular formula is C14H16FN3O. The summed E-state index contributed by atoms with van der Waals surface area (Å²) in [5.41, 5.74) is 0.331. The zero-order chi connectivity index (χ0) is 13.8. The Kier molecular flexibility index (Phi) is 3.94. The van der Waals surface area contributed by atoms with Crippen molar-refractivity contribution in [1.29, 1.82) is 0 Å². The number of aromatic amines is 1. The summed E-state index contributed by atoms with van der Waals surface area (Å²) in [6.07, 6.45) is 0.638. The van der Waals surface area contributed by atoms with Crippen LogP contribution < -0.4 is 10.9 Å². The minimum atomic E-state index is -0.275. The smallest absolute Gasteiger partial charge is 0.252 e. The third-order valence-electron chi connectivity index (χ3n) is 2.86. The summed E-state index contributed by atoms with van der Waals surface area (Å²) in [6.45, 7) is 3.73. The van der Waals surface area contributed by atoms with E-state index >= 15 is 0 Å². The van der Waals surface area contributed by atoms with E-state index in [1.54, 1.807) is 18.2 Å². The van der Waals surface area contributed by atoms with Gasteiger partial charge in [0.25, 0.3) is 5.56 Å². The normalized spacial score (nSPS) is 12.2. The Bertz CT molecular complexity index is 624. The van der Waals surface area contributed by atoms with Crippen molar-refractivity contribution in [2.45, 2.75) is 26.3 Å². The average Bonchev–Trinajstić information content (AvgIpc) is 2.38. The van der Waals surface area contributed by atoms with Crippen LogP contribution in [0, 0.1) is 5.82 Å². The quantitative estimate of drug-likeness (QED) is 0.889. The molecule has 1 unspecified atom stereocenters. The first kappa shape index (κ1) is 13.3. The number of H-pyrrole nitrogens is 1. The minimum absolute atomic E-state index is 0.213. The fraction of sp³-hybridized carbons (Fsp3) is 0.286. The highest BCUT2D eigenvalue weighted by Crippen LogP contribution is 2.19. The number of aryl methyl sites for hydroxylation is 1.